The van der Waals surface area contributed by atoms with Crippen molar-refractivity contribution in [1.82, 2.24) is 4.57 Å². The average molecular weight is 468 g/mol. The molecule has 0 saturated carbocycles. The smallest absolute Gasteiger partial charge is 0.272 e. The van der Waals surface area contributed by atoms with Crippen LogP contribution in [0, 0.1) is 19.7 Å². The second kappa shape index (κ2) is 10.2. The van der Waals surface area contributed by atoms with Crippen molar-refractivity contribution in [3.63, 3.8) is 0 Å². The molecule has 1 N–H and O–H groups in total. The fraction of sp³-hybridized carbons (Fsp3) is 0.346. The van der Waals surface area contributed by atoms with Crippen LogP contribution in [-0.4, -0.2) is 51.0 Å². The zero-order valence-corrected chi connectivity index (χ0v) is 20.0. The van der Waals surface area contributed by atoms with Gasteiger partial charge in [-0.1, -0.05) is 18.2 Å². The molecule has 4 rings (SSSR count). The fourth-order valence-corrected chi connectivity index (χ4v) is 4.53. The summed E-state index contributed by atoms with van der Waals surface area (Å²) in [5.74, 6) is 0.519. The Bertz CT molecular complexity index is 1190. The predicted octanol–water partition coefficient (Wildman–Crippen LogP) is 4.40. The van der Waals surface area contributed by atoms with Gasteiger partial charge in [-0.25, -0.2) is 4.39 Å². The molecule has 1 amide bonds. The number of benzene rings is 2. The lowest BCUT2D eigenvalue weighted by molar-refractivity contribution is 0.101. The number of hydrogen-bond acceptors (Lipinski definition) is 5. The molecule has 1 aliphatic rings. The summed E-state index contributed by atoms with van der Waals surface area (Å²) < 4.78 is 32.6. The van der Waals surface area contributed by atoms with Crippen LogP contribution in [0.2, 0.25) is 0 Å². The van der Waals surface area contributed by atoms with Crippen molar-refractivity contribution < 1.29 is 23.4 Å². The van der Waals surface area contributed by atoms with Crippen LogP contribution in [0.3, 0.4) is 0 Å². The highest BCUT2D eigenvalue weighted by molar-refractivity contribution is 6.05. The van der Waals surface area contributed by atoms with Gasteiger partial charge in [-0.2, -0.15) is 0 Å². The Kier molecular flexibility index (Phi) is 7.07. The van der Waals surface area contributed by atoms with Crippen molar-refractivity contribution in [2.75, 3.05) is 50.7 Å². The van der Waals surface area contributed by atoms with Gasteiger partial charge in [0.25, 0.3) is 5.91 Å². The molecule has 1 saturated heterocycles. The Hall–Kier alpha value is -3.52. The standard InChI is InChI=1S/C26H30FN3O4/c1-17-24(29-11-13-34-14-12-29)18(2)30(16-19-7-5-6-8-21(19)27)25(17)26(31)28-20-9-10-22(32-3)23(15-20)33-4/h5-10,15H,11-14,16H2,1-4H3,(H,28,31). The van der Waals surface area contributed by atoms with Crippen LogP contribution in [0.5, 0.6) is 11.5 Å². The van der Waals surface area contributed by atoms with Crippen LogP contribution in [0.15, 0.2) is 42.5 Å². The number of aromatic nitrogens is 1. The lowest BCUT2D eigenvalue weighted by atomic mass is 10.1. The van der Waals surface area contributed by atoms with E-state index >= 15 is 0 Å². The zero-order chi connectivity index (χ0) is 24.2. The van der Waals surface area contributed by atoms with Gasteiger partial charge < -0.3 is 29.0 Å². The Labute approximate surface area is 199 Å². The van der Waals surface area contributed by atoms with Crippen molar-refractivity contribution in [2.24, 2.45) is 0 Å². The average Bonchev–Trinajstić information content (AvgIpc) is 3.10. The third-order valence-corrected chi connectivity index (χ3v) is 6.20. The summed E-state index contributed by atoms with van der Waals surface area (Å²) in [6.07, 6.45) is 0. The molecule has 0 unspecified atom stereocenters. The lowest BCUT2D eigenvalue weighted by Gasteiger charge is -2.29. The van der Waals surface area contributed by atoms with Crippen molar-refractivity contribution >= 4 is 17.3 Å². The summed E-state index contributed by atoms with van der Waals surface area (Å²) >= 11 is 0. The van der Waals surface area contributed by atoms with Gasteiger partial charge in [-0.05, 0) is 32.0 Å². The Morgan fingerprint density at radius 3 is 2.44 bits per heavy atom. The summed E-state index contributed by atoms with van der Waals surface area (Å²) in [6.45, 7) is 6.91. The SMILES string of the molecule is COc1ccc(NC(=O)c2c(C)c(N3CCOCC3)c(C)n2Cc2ccccc2F)cc1OC. The van der Waals surface area contributed by atoms with Crippen molar-refractivity contribution in [2.45, 2.75) is 20.4 Å². The van der Waals surface area contributed by atoms with Crippen molar-refractivity contribution in [1.29, 1.82) is 0 Å². The number of methoxy groups -OCH3 is 2. The molecule has 34 heavy (non-hydrogen) atoms. The van der Waals surface area contributed by atoms with Gasteiger partial charge in [0.15, 0.2) is 11.5 Å². The predicted molar refractivity (Wildman–Crippen MR) is 130 cm³/mol. The van der Waals surface area contributed by atoms with Crippen LogP contribution in [-0.2, 0) is 11.3 Å². The summed E-state index contributed by atoms with van der Waals surface area (Å²) in [5, 5.41) is 2.98. The summed E-state index contributed by atoms with van der Waals surface area (Å²) in [5.41, 5.74) is 4.36. The summed E-state index contributed by atoms with van der Waals surface area (Å²) in [6, 6.07) is 11.9. The number of nitrogens with one attached hydrogen (secondary N) is 1. The first-order valence-corrected chi connectivity index (χ1v) is 11.2. The van der Waals surface area contributed by atoms with Gasteiger partial charge in [0.1, 0.15) is 11.5 Å². The van der Waals surface area contributed by atoms with Crippen LogP contribution in [0.4, 0.5) is 15.8 Å². The van der Waals surface area contributed by atoms with E-state index in [0.29, 0.717) is 41.7 Å². The van der Waals surface area contributed by atoms with Gasteiger partial charge in [-0.3, -0.25) is 4.79 Å². The molecule has 7 nitrogen and oxygen atoms in total. The number of carbonyl (C=O) groups excluding carboxylic acids is 1. The maximum atomic E-state index is 14.5. The minimum absolute atomic E-state index is 0.248. The molecule has 1 fully saturated rings. The van der Waals surface area contributed by atoms with E-state index in [-0.39, 0.29) is 18.3 Å². The van der Waals surface area contributed by atoms with E-state index in [1.165, 1.54) is 6.07 Å². The Morgan fingerprint density at radius 1 is 1.06 bits per heavy atom. The normalized spacial score (nSPS) is 13.6. The van der Waals surface area contributed by atoms with E-state index in [0.717, 1.165) is 30.0 Å². The first kappa shape index (κ1) is 23.6. The van der Waals surface area contributed by atoms with Gasteiger partial charge in [0, 0.05) is 41.7 Å². The largest absolute Gasteiger partial charge is 0.493 e. The molecule has 0 radical (unpaired) electrons. The minimum Gasteiger partial charge on any atom is -0.493 e. The summed E-state index contributed by atoms with van der Waals surface area (Å²) in [4.78, 5) is 15.8. The topological polar surface area (TPSA) is 65.0 Å². The molecule has 0 bridgehead atoms. The first-order chi connectivity index (χ1) is 16.4. The second-order valence-corrected chi connectivity index (χ2v) is 8.21. The molecule has 0 spiro atoms. The Balaban J connectivity index is 1.75. The fourth-order valence-electron chi connectivity index (χ4n) is 4.53. The number of ether oxygens (including phenoxy) is 3. The van der Waals surface area contributed by atoms with E-state index in [1.807, 2.05) is 18.4 Å². The van der Waals surface area contributed by atoms with E-state index in [1.54, 1.807) is 50.6 Å². The molecule has 2 heterocycles. The number of carbonyl (C=O) groups is 1. The second-order valence-electron chi connectivity index (χ2n) is 8.21. The van der Waals surface area contributed by atoms with Gasteiger partial charge in [-0.15, -0.1) is 0 Å². The number of hydrogen-bond donors (Lipinski definition) is 1. The van der Waals surface area contributed by atoms with Crippen LogP contribution in [0.1, 0.15) is 27.3 Å². The maximum absolute atomic E-state index is 14.5. The monoisotopic (exact) mass is 467 g/mol. The van der Waals surface area contributed by atoms with Crippen LogP contribution < -0.4 is 19.7 Å². The molecule has 0 atom stereocenters. The Morgan fingerprint density at radius 2 is 1.76 bits per heavy atom. The molecular weight excluding hydrogens is 437 g/mol. The molecule has 1 aliphatic heterocycles. The highest BCUT2D eigenvalue weighted by atomic mass is 19.1. The van der Waals surface area contributed by atoms with Crippen molar-refractivity contribution in [3.05, 3.63) is 70.8 Å². The molecule has 180 valence electrons. The number of halogens is 1. The molecule has 8 heteroatoms. The quantitative estimate of drug-likeness (QED) is 0.558. The molecule has 3 aromatic rings. The third kappa shape index (κ3) is 4.59. The lowest BCUT2D eigenvalue weighted by Crippen LogP contribution is -2.36. The van der Waals surface area contributed by atoms with Gasteiger partial charge >= 0.3 is 0 Å². The molecule has 2 aromatic carbocycles. The first-order valence-electron chi connectivity index (χ1n) is 11.2. The number of morpholine rings is 1. The molecular formula is C26H30FN3O4. The number of nitrogens with zero attached hydrogens (tertiary/aromatic N) is 2. The molecule has 1 aromatic heterocycles. The van der Waals surface area contributed by atoms with E-state index in [2.05, 4.69) is 10.2 Å². The third-order valence-electron chi connectivity index (χ3n) is 6.20. The highest BCUT2D eigenvalue weighted by Gasteiger charge is 2.27. The number of anilines is 2. The van der Waals surface area contributed by atoms with Gasteiger partial charge in [0.05, 0.1) is 39.7 Å². The highest BCUT2D eigenvalue weighted by Crippen LogP contribution is 2.34. The van der Waals surface area contributed by atoms with E-state index in [4.69, 9.17) is 14.2 Å². The van der Waals surface area contributed by atoms with Crippen LogP contribution in [0.25, 0.3) is 0 Å². The number of rotatable bonds is 7. The zero-order valence-electron chi connectivity index (χ0n) is 20.0. The summed E-state index contributed by atoms with van der Waals surface area (Å²) in [7, 11) is 3.11. The van der Waals surface area contributed by atoms with Crippen molar-refractivity contribution in [3.8, 4) is 11.5 Å². The maximum Gasteiger partial charge on any atom is 0.272 e. The van der Waals surface area contributed by atoms with E-state index in [9.17, 15) is 9.18 Å². The minimum atomic E-state index is -0.299. The van der Waals surface area contributed by atoms with E-state index < -0.39 is 0 Å². The molecule has 0 aliphatic carbocycles. The number of amides is 1. The van der Waals surface area contributed by atoms with Gasteiger partial charge in [0.2, 0.25) is 0 Å². The van der Waals surface area contributed by atoms with Crippen LogP contribution >= 0.6 is 0 Å².